The fourth-order valence-corrected chi connectivity index (χ4v) is 2.09. The van der Waals surface area contributed by atoms with Crippen molar-refractivity contribution in [3.63, 3.8) is 0 Å². The molecule has 28 heavy (non-hydrogen) atoms. The molecular weight excluding hydrogens is 364 g/mol. The minimum Gasteiger partial charge on any atom is -0.449 e. The summed E-state index contributed by atoms with van der Waals surface area (Å²) in [6, 6.07) is 5.60. The molecule has 1 rings (SSSR count). The van der Waals surface area contributed by atoms with Crippen molar-refractivity contribution in [1.29, 1.82) is 0 Å². The molecule has 2 N–H and O–H groups in total. The Morgan fingerprint density at radius 1 is 0.750 bits per heavy atom. The van der Waals surface area contributed by atoms with Crippen LogP contribution in [0, 0.1) is 0 Å². The van der Waals surface area contributed by atoms with Gasteiger partial charge in [0.25, 0.3) is 11.8 Å². The lowest BCUT2D eigenvalue weighted by Crippen LogP contribution is -2.36. The molecule has 0 radical (unpaired) electrons. The predicted molar refractivity (Wildman–Crippen MR) is 103 cm³/mol. The summed E-state index contributed by atoms with van der Waals surface area (Å²) < 4.78 is 10.2. The third kappa shape index (κ3) is 7.38. The molecule has 1 aromatic rings. The lowest BCUT2D eigenvalue weighted by Gasteiger charge is -2.14. The SMILES string of the molecule is CCCNC(=O)C(C)OC(=O)c1ccc(C(=O)OC(C)C(=O)NCCC)cc1. The summed E-state index contributed by atoms with van der Waals surface area (Å²) in [4.78, 5) is 47.7. The summed E-state index contributed by atoms with van der Waals surface area (Å²) >= 11 is 0. The zero-order valence-corrected chi connectivity index (χ0v) is 16.7. The normalized spacial score (nSPS) is 12.4. The molecule has 0 aliphatic heterocycles. The predicted octanol–water partition coefficient (Wildman–Crippen LogP) is 1.83. The van der Waals surface area contributed by atoms with E-state index in [1.165, 1.54) is 38.1 Å². The summed E-state index contributed by atoms with van der Waals surface area (Å²) in [5, 5.41) is 5.29. The number of hydrogen-bond acceptors (Lipinski definition) is 6. The van der Waals surface area contributed by atoms with Crippen LogP contribution in [0.15, 0.2) is 24.3 Å². The van der Waals surface area contributed by atoms with E-state index in [0.29, 0.717) is 13.1 Å². The van der Waals surface area contributed by atoms with E-state index in [1.807, 2.05) is 13.8 Å². The van der Waals surface area contributed by atoms with Gasteiger partial charge in [-0.25, -0.2) is 9.59 Å². The van der Waals surface area contributed by atoms with Gasteiger partial charge in [0.05, 0.1) is 11.1 Å². The van der Waals surface area contributed by atoms with E-state index in [4.69, 9.17) is 9.47 Å². The molecule has 0 aliphatic carbocycles. The molecule has 1 aromatic carbocycles. The van der Waals surface area contributed by atoms with Crippen LogP contribution in [0.4, 0.5) is 0 Å². The largest absolute Gasteiger partial charge is 0.449 e. The molecule has 0 fully saturated rings. The van der Waals surface area contributed by atoms with Crippen molar-refractivity contribution < 1.29 is 28.7 Å². The average Bonchev–Trinajstić information content (AvgIpc) is 2.69. The van der Waals surface area contributed by atoms with Crippen molar-refractivity contribution in [2.45, 2.75) is 52.7 Å². The third-order valence-corrected chi connectivity index (χ3v) is 3.76. The Bertz CT molecular complexity index is 627. The first kappa shape index (κ1) is 23.1. The van der Waals surface area contributed by atoms with Crippen LogP contribution < -0.4 is 10.6 Å². The van der Waals surface area contributed by atoms with Gasteiger partial charge in [0.15, 0.2) is 12.2 Å². The minimum atomic E-state index is -0.925. The molecule has 0 saturated carbocycles. The Kier molecular flexibility index (Phi) is 9.70. The highest BCUT2D eigenvalue weighted by Crippen LogP contribution is 2.10. The third-order valence-electron chi connectivity index (χ3n) is 3.76. The highest BCUT2D eigenvalue weighted by molar-refractivity contribution is 5.95. The van der Waals surface area contributed by atoms with Crippen molar-refractivity contribution in [2.75, 3.05) is 13.1 Å². The lowest BCUT2D eigenvalue weighted by molar-refractivity contribution is -0.129. The quantitative estimate of drug-likeness (QED) is 0.588. The Morgan fingerprint density at radius 3 is 1.36 bits per heavy atom. The van der Waals surface area contributed by atoms with E-state index in [1.54, 1.807) is 0 Å². The van der Waals surface area contributed by atoms with Crippen LogP contribution >= 0.6 is 0 Å². The highest BCUT2D eigenvalue weighted by Gasteiger charge is 2.20. The fourth-order valence-electron chi connectivity index (χ4n) is 2.09. The van der Waals surface area contributed by atoms with Gasteiger partial charge in [-0.2, -0.15) is 0 Å². The van der Waals surface area contributed by atoms with E-state index < -0.39 is 24.1 Å². The zero-order valence-electron chi connectivity index (χ0n) is 16.7. The van der Waals surface area contributed by atoms with Gasteiger partial charge in [0.2, 0.25) is 0 Å². The highest BCUT2D eigenvalue weighted by atomic mass is 16.6. The molecule has 0 aromatic heterocycles. The van der Waals surface area contributed by atoms with Gasteiger partial charge in [-0.05, 0) is 51.0 Å². The van der Waals surface area contributed by atoms with Gasteiger partial charge in [0.1, 0.15) is 0 Å². The van der Waals surface area contributed by atoms with Gasteiger partial charge in [-0.3, -0.25) is 9.59 Å². The van der Waals surface area contributed by atoms with Crippen molar-refractivity contribution >= 4 is 23.8 Å². The Labute approximate surface area is 165 Å². The van der Waals surface area contributed by atoms with Crippen LogP contribution in [0.1, 0.15) is 61.3 Å². The van der Waals surface area contributed by atoms with Crippen LogP contribution in [-0.4, -0.2) is 49.1 Å². The Morgan fingerprint density at radius 2 is 1.07 bits per heavy atom. The first-order chi connectivity index (χ1) is 13.3. The van der Waals surface area contributed by atoms with Crippen LogP contribution in [0.5, 0.6) is 0 Å². The molecule has 0 saturated heterocycles. The van der Waals surface area contributed by atoms with Gasteiger partial charge in [0, 0.05) is 13.1 Å². The van der Waals surface area contributed by atoms with Gasteiger partial charge in [-0.15, -0.1) is 0 Å². The topological polar surface area (TPSA) is 111 Å². The standard InChI is InChI=1S/C20H28N2O6/c1-5-11-21-17(23)13(3)27-19(25)15-7-9-16(10-8-15)20(26)28-14(4)18(24)22-12-6-2/h7-10,13-14H,5-6,11-12H2,1-4H3,(H,21,23)(H,22,24). The van der Waals surface area contributed by atoms with E-state index in [-0.39, 0.29) is 22.9 Å². The summed E-state index contributed by atoms with van der Waals surface area (Å²) in [6.07, 6.45) is -0.288. The maximum atomic E-state index is 12.1. The van der Waals surface area contributed by atoms with Crippen molar-refractivity contribution in [1.82, 2.24) is 10.6 Å². The van der Waals surface area contributed by atoms with E-state index in [2.05, 4.69) is 10.6 Å². The summed E-state index contributed by atoms with van der Waals surface area (Å²) in [7, 11) is 0. The number of benzene rings is 1. The lowest BCUT2D eigenvalue weighted by atomic mass is 10.1. The molecule has 0 aliphatic rings. The fraction of sp³-hybridized carbons (Fsp3) is 0.500. The van der Waals surface area contributed by atoms with Gasteiger partial charge >= 0.3 is 11.9 Å². The smallest absolute Gasteiger partial charge is 0.338 e. The number of carbonyl (C=O) groups is 4. The maximum absolute atomic E-state index is 12.1. The zero-order chi connectivity index (χ0) is 21.1. The van der Waals surface area contributed by atoms with Crippen molar-refractivity contribution in [3.05, 3.63) is 35.4 Å². The summed E-state index contributed by atoms with van der Waals surface area (Å²) in [5.74, 6) is -2.09. The summed E-state index contributed by atoms with van der Waals surface area (Å²) in [5.41, 5.74) is 0.390. The average molecular weight is 392 g/mol. The molecule has 0 bridgehead atoms. The molecule has 0 spiro atoms. The van der Waals surface area contributed by atoms with Crippen molar-refractivity contribution in [2.24, 2.45) is 0 Å². The van der Waals surface area contributed by atoms with E-state index in [9.17, 15) is 19.2 Å². The second-order valence-electron chi connectivity index (χ2n) is 6.25. The second-order valence-corrected chi connectivity index (χ2v) is 6.25. The van der Waals surface area contributed by atoms with Crippen LogP contribution in [-0.2, 0) is 19.1 Å². The Balaban J connectivity index is 2.62. The molecule has 0 heterocycles. The molecule has 2 amide bonds. The monoisotopic (exact) mass is 392 g/mol. The number of hydrogen-bond donors (Lipinski definition) is 2. The molecule has 2 atom stereocenters. The number of esters is 2. The van der Waals surface area contributed by atoms with Gasteiger partial charge in [-0.1, -0.05) is 13.8 Å². The van der Waals surface area contributed by atoms with Crippen LogP contribution in [0.25, 0.3) is 0 Å². The molecular formula is C20H28N2O6. The number of nitrogens with one attached hydrogen (secondary N) is 2. The number of rotatable bonds is 10. The number of amides is 2. The second kappa shape index (κ2) is 11.7. The van der Waals surface area contributed by atoms with Crippen LogP contribution in [0.3, 0.4) is 0 Å². The maximum Gasteiger partial charge on any atom is 0.338 e. The minimum absolute atomic E-state index is 0.195. The molecule has 154 valence electrons. The number of ether oxygens (including phenoxy) is 2. The van der Waals surface area contributed by atoms with Gasteiger partial charge < -0.3 is 20.1 Å². The Hall–Kier alpha value is -2.90. The summed E-state index contributed by atoms with van der Waals surface area (Å²) in [6.45, 7) is 7.82. The first-order valence-corrected chi connectivity index (χ1v) is 9.37. The van der Waals surface area contributed by atoms with Crippen molar-refractivity contribution in [3.8, 4) is 0 Å². The molecule has 8 heteroatoms. The van der Waals surface area contributed by atoms with E-state index >= 15 is 0 Å². The van der Waals surface area contributed by atoms with E-state index in [0.717, 1.165) is 12.8 Å². The molecule has 2 unspecified atom stereocenters. The van der Waals surface area contributed by atoms with Crippen LogP contribution in [0.2, 0.25) is 0 Å². The number of carbonyl (C=O) groups excluding carboxylic acids is 4. The first-order valence-electron chi connectivity index (χ1n) is 9.37. The molecule has 8 nitrogen and oxygen atoms in total.